The van der Waals surface area contributed by atoms with Gasteiger partial charge in [0.05, 0.1) is 0 Å². The molecule has 1 rings (SSSR count). The number of aliphatic hydroxyl groups is 1. The van der Waals surface area contributed by atoms with E-state index in [-0.39, 0.29) is 6.61 Å². The molecule has 15 heavy (non-hydrogen) atoms. The first kappa shape index (κ1) is 12.5. The summed E-state index contributed by atoms with van der Waals surface area (Å²) in [5.74, 6) is 0. The molecule has 1 N–H and O–H groups in total. The summed E-state index contributed by atoms with van der Waals surface area (Å²) in [5.41, 5.74) is 1.15. The second-order valence-corrected chi connectivity index (χ2v) is 3.94. The Balaban J connectivity index is 2.54. The van der Waals surface area contributed by atoms with Crippen LogP contribution in [0.2, 0.25) is 5.02 Å². The lowest BCUT2D eigenvalue weighted by atomic mass is 10.2. The minimum absolute atomic E-state index is 0.249. The van der Waals surface area contributed by atoms with Crippen LogP contribution in [0.1, 0.15) is 18.9 Å². The maximum Gasteiger partial charge on any atom is 0.0451 e. The second-order valence-electron chi connectivity index (χ2n) is 3.54. The van der Waals surface area contributed by atoms with Crippen LogP contribution < -0.4 is 0 Å². The zero-order chi connectivity index (χ0) is 11.1. The molecule has 0 aliphatic heterocycles. The van der Waals surface area contributed by atoms with Gasteiger partial charge < -0.3 is 5.11 Å². The minimum atomic E-state index is 0.249. The Hall–Kier alpha value is -0.570. The molecule has 0 heterocycles. The fraction of sp³-hybridized carbons (Fsp3) is 0.500. The van der Waals surface area contributed by atoms with Gasteiger partial charge in [0.25, 0.3) is 0 Å². The highest BCUT2D eigenvalue weighted by Crippen LogP contribution is 2.16. The largest absolute Gasteiger partial charge is 0.396 e. The smallest absolute Gasteiger partial charge is 0.0451 e. The highest BCUT2D eigenvalue weighted by Gasteiger charge is 2.05. The molecule has 0 atom stereocenters. The molecule has 0 aromatic heterocycles. The van der Waals surface area contributed by atoms with Gasteiger partial charge in [-0.25, -0.2) is 0 Å². The summed E-state index contributed by atoms with van der Waals surface area (Å²) in [6.07, 6.45) is 0.818. The number of hydrogen-bond donors (Lipinski definition) is 1. The van der Waals surface area contributed by atoms with Gasteiger partial charge in [-0.15, -0.1) is 0 Å². The molecule has 0 saturated carbocycles. The maximum atomic E-state index is 8.78. The molecule has 0 bridgehead atoms. The number of nitrogens with zero attached hydrogens (tertiary/aromatic N) is 1. The highest BCUT2D eigenvalue weighted by atomic mass is 35.5. The molecule has 0 aliphatic rings. The monoisotopic (exact) mass is 227 g/mol. The molecule has 84 valence electrons. The van der Waals surface area contributed by atoms with Gasteiger partial charge in [0, 0.05) is 24.7 Å². The lowest BCUT2D eigenvalue weighted by Gasteiger charge is -2.20. The van der Waals surface area contributed by atoms with E-state index in [2.05, 4.69) is 11.8 Å². The molecule has 0 unspecified atom stereocenters. The molecule has 3 heteroatoms. The van der Waals surface area contributed by atoms with E-state index in [1.807, 2.05) is 24.3 Å². The Morgan fingerprint density at radius 2 is 2.07 bits per heavy atom. The van der Waals surface area contributed by atoms with E-state index in [0.717, 1.165) is 36.6 Å². The van der Waals surface area contributed by atoms with Crippen molar-refractivity contribution in [3.63, 3.8) is 0 Å². The van der Waals surface area contributed by atoms with Gasteiger partial charge in [-0.2, -0.15) is 0 Å². The molecule has 0 saturated heterocycles. The molecular formula is C12H18ClNO. The second kappa shape index (κ2) is 6.83. The van der Waals surface area contributed by atoms with Crippen LogP contribution in [0.4, 0.5) is 0 Å². The van der Waals surface area contributed by atoms with Crippen LogP contribution in [-0.4, -0.2) is 29.7 Å². The van der Waals surface area contributed by atoms with E-state index < -0.39 is 0 Å². The van der Waals surface area contributed by atoms with Crippen molar-refractivity contribution in [2.75, 3.05) is 19.7 Å². The first-order valence-electron chi connectivity index (χ1n) is 5.34. The average molecular weight is 228 g/mol. The van der Waals surface area contributed by atoms with Crippen molar-refractivity contribution in [1.82, 2.24) is 4.90 Å². The van der Waals surface area contributed by atoms with Crippen LogP contribution in [0.15, 0.2) is 24.3 Å². The highest BCUT2D eigenvalue weighted by molar-refractivity contribution is 6.31. The quantitative estimate of drug-likeness (QED) is 0.808. The van der Waals surface area contributed by atoms with Crippen LogP contribution >= 0.6 is 11.6 Å². The van der Waals surface area contributed by atoms with Crippen molar-refractivity contribution in [3.05, 3.63) is 34.9 Å². The van der Waals surface area contributed by atoms with E-state index in [1.54, 1.807) is 0 Å². The molecular weight excluding hydrogens is 210 g/mol. The van der Waals surface area contributed by atoms with Crippen molar-refractivity contribution < 1.29 is 5.11 Å². The lowest BCUT2D eigenvalue weighted by Crippen LogP contribution is -2.24. The van der Waals surface area contributed by atoms with Crippen LogP contribution in [0.3, 0.4) is 0 Å². The third-order valence-electron chi connectivity index (χ3n) is 2.43. The molecule has 0 spiro atoms. The van der Waals surface area contributed by atoms with Gasteiger partial charge in [0.2, 0.25) is 0 Å². The van der Waals surface area contributed by atoms with Crippen molar-refractivity contribution in [3.8, 4) is 0 Å². The summed E-state index contributed by atoms with van der Waals surface area (Å²) >= 11 is 6.08. The van der Waals surface area contributed by atoms with Gasteiger partial charge in [0.1, 0.15) is 0 Å². The van der Waals surface area contributed by atoms with E-state index in [1.165, 1.54) is 0 Å². The predicted molar refractivity (Wildman–Crippen MR) is 64.1 cm³/mol. The first-order valence-corrected chi connectivity index (χ1v) is 5.72. The van der Waals surface area contributed by atoms with Crippen molar-refractivity contribution in [2.24, 2.45) is 0 Å². The Bertz CT molecular complexity index is 291. The molecule has 1 aromatic carbocycles. The zero-order valence-electron chi connectivity index (χ0n) is 9.12. The number of hydrogen-bond acceptors (Lipinski definition) is 2. The zero-order valence-corrected chi connectivity index (χ0v) is 9.87. The number of halogens is 1. The van der Waals surface area contributed by atoms with E-state index >= 15 is 0 Å². The molecule has 0 fully saturated rings. The minimum Gasteiger partial charge on any atom is -0.396 e. The fourth-order valence-corrected chi connectivity index (χ4v) is 1.71. The standard InChI is InChI=1S/C12H18ClNO/c1-2-14(8-5-9-15)10-11-6-3-4-7-12(11)13/h3-4,6-7,15H,2,5,8-10H2,1H3. The van der Waals surface area contributed by atoms with Gasteiger partial charge in [-0.3, -0.25) is 4.90 Å². The number of aliphatic hydroxyl groups excluding tert-OH is 1. The van der Waals surface area contributed by atoms with Crippen LogP contribution in [-0.2, 0) is 6.54 Å². The van der Waals surface area contributed by atoms with Crippen LogP contribution in [0.25, 0.3) is 0 Å². The summed E-state index contributed by atoms with van der Waals surface area (Å²) < 4.78 is 0. The Morgan fingerprint density at radius 3 is 2.67 bits per heavy atom. The Kier molecular flexibility index (Phi) is 5.69. The summed E-state index contributed by atoms with van der Waals surface area (Å²) in [7, 11) is 0. The third-order valence-corrected chi connectivity index (χ3v) is 2.80. The number of benzene rings is 1. The SMILES string of the molecule is CCN(CCCO)Cc1ccccc1Cl. The summed E-state index contributed by atoms with van der Waals surface area (Å²) in [6.45, 7) is 5.12. The van der Waals surface area contributed by atoms with E-state index in [4.69, 9.17) is 16.7 Å². The van der Waals surface area contributed by atoms with Crippen LogP contribution in [0.5, 0.6) is 0 Å². The number of rotatable bonds is 6. The van der Waals surface area contributed by atoms with Gasteiger partial charge in [-0.1, -0.05) is 36.7 Å². The first-order chi connectivity index (χ1) is 7.27. The maximum absolute atomic E-state index is 8.78. The van der Waals surface area contributed by atoms with E-state index in [0.29, 0.717) is 0 Å². The average Bonchev–Trinajstić information content (AvgIpc) is 2.26. The normalized spacial score (nSPS) is 10.9. The Labute approximate surface area is 96.5 Å². The molecule has 0 amide bonds. The molecule has 1 aromatic rings. The van der Waals surface area contributed by atoms with Crippen molar-refractivity contribution in [1.29, 1.82) is 0 Å². The third kappa shape index (κ3) is 4.20. The lowest BCUT2D eigenvalue weighted by molar-refractivity contribution is 0.225. The molecule has 2 nitrogen and oxygen atoms in total. The van der Waals surface area contributed by atoms with Gasteiger partial charge >= 0.3 is 0 Å². The summed E-state index contributed by atoms with van der Waals surface area (Å²) in [6, 6.07) is 7.90. The van der Waals surface area contributed by atoms with Crippen molar-refractivity contribution in [2.45, 2.75) is 19.9 Å². The van der Waals surface area contributed by atoms with Gasteiger partial charge in [0.15, 0.2) is 0 Å². The van der Waals surface area contributed by atoms with Crippen molar-refractivity contribution >= 4 is 11.6 Å². The molecule has 0 radical (unpaired) electrons. The fourth-order valence-electron chi connectivity index (χ4n) is 1.51. The summed E-state index contributed by atoms with van der Waals surface area (Å²) in [4.78, 5) is 2.28. The van der Waals surface area contributed by atoms with Gasteiger partial charge in [-0.05, 0) is 24.6 Å². The summed E-state index contributed by atoms with van der Waals surface area (Å²) in [5, 5.41) is 9.60. The topological polar surface area (TPSA) is 23.5 Å². The predicted octanol–water partition coefficient (Wildman–Crippen LogP) is 2.54. The van der Waals surface area contributed by atoms with E-state index in [9.17, 15) is 0 Å². The Morgan fingerprint density at radius 1 is 1.33 bits per heavy atom. The van der Waals surface area contributed by atoms with Crippen LogP contribution in [0, 0.1) is 0 Å². The molecule has 0 aliphatic carbocycles.